The highest BCUT2D eigenvalue weighted by atomic mass is 16.7. The van der Waals surface area contributed by atoms with Crippen molar-refractivity contribution in [3.05, 3.63) is 71.3 Å². The summed E-state index contributed by atoms with van der Waals surface area (Å²) in [6.07, 6.45) is 4.41. The van der Waals surface area contributed by atoms with Gasteiger partial charge < -0.3 is 39.4 Å². The van der Waals surface area contributed by atoms with Crippen LogP contribution in [0.4, 0.5) is 0 Å². The summed E-state index contributed by atoms with van der Waals surface area (Å²) in [7, 11) is 0. The number of aryl methyl sites for hydroxylation is 1. The molecule has 4 rings (SSSR count). The maximum absolute atomic E-state index is 10.8. The molecule has 1 heterocycles. The first-order chi connectivity index (χ1) is 20.4. The molecule has 42 heavy (non-hydrogen) atoms. The highest BCUT2D eigenvalue weighted by molar-refractivity contribution is 5.69. The first-order valence-electron chi connectivity index (χ1n) is 14.5. The van der Waals surface area contributed by atoms with E-state index in [2.05, 4.69) is 0 Å². The van der Waals surface area contributed by atoms with Gasteiger partial charge in [0.15, 0.2) is 17.8 Å². The molecule has 3 aromatic carbocycles. The predicted molar refractivity (Wildman–Crippen MR) is 157 cm³/mol. The third-order valence-corrected chi connectivity index (χ3v) is 7.14. The molecule has 0 aliphatic carbocycles. The molecular formula is C33H40O9. The van der Waals surface area contributed by atoms with Gasteiger partial charge >= 0.3 is 5.97 Å². The fourth-order valence-corrected chi connectivity index (χ4v) is 4.98. The first kappa shape index (κ1) is 31.2. The smallest absolute Gasteiger partial charge is 0.303 e. The lowest BCUT2D eigenvalue weighted by molar-refractivity contribution is -0.137. The molecule has 0 bridgehead atoms. The van der Waals surface area contributed by atoms with Crippen molar-refractivity contribution in [2.24, 2.45) is 0 Å². The van der Waals surface area contributed by atoms with Crippen molar-refractivity contribution in [3.63, 3.8) is 0 Å². The molecule has 4 N–H and O–H groups in total. The Morgan fingerprint density at radius 1 is 0.833 bits per heavy atom. The number of aliphatic hydroxyl groups excluding tert-OH is 2. The van der Waals surface area contributed by atoms with E-state index in [4.69, 9.17) is 24.1 Å². The van der Waals surface area contributed by atoms with Crippen LogP contribution in [0.5, 0.6) is 23.0 Å². The Morgan fingerprint density at radius 3 is 2.45 bits per heavy atom. The zero-order valence-electron chi connectivity index (χ0n) is 23.8. The lowest BCUT2D eigenvalue weighted by Gasteiger charge is -2.16. The van der Waals surface area contributed by atoms with Gasteiger partial charge in [0.2, 0.25) is 6.79 Å². The van der Waals surface area contributed by atoms with Gasteiger partial charge in [0.25, 0.3) is 0 Å². The van der Waals surface area contributed by atoms with Crippen molar-refractivity contribution in [1.29, 1.82) is 0 Å². The number of rotatable bonds is 18. The molecule has 0 aromatic heterocycles. The molecule has 3 aromatic rings. The lowest BCUT2D eigenvalue weighted by Crippen LogP contribution is -2.09. The van der Waals surface area contributed by atoms with Crippen LogP contribution in [0.15, 0.2) is 54.6 Å². The van der Waals surface area contributed by atoms with Crippen LogP contribution in [0, 0.1) is 0 Å². The minimum absolute atomic E-state index is 0.0437. The van der Waals surface area contributed by atoms with Crippen LogP contribution >= 0.6 is 0 Å². The second-order valence-corrected chi connectivity index (χ2v) is 10.4. The topological polar surface area (TPSA) is 135 Å². The summed E-state index contributed by atoms with van der Waals surface area (Å²) in [5.74, 6) is 1.97. The van der Waals surface area contributed by atoms with Crippen molar-refractivity contribution < 1.29 is 44.2 Å². The number of aliphatic hydroxyl groups is 3. The molecule has 0 atom stereocenters. The van der Waals surface area contributed by atoms with Crippen LogP contribution in [0.3, 0.4) is 0 Å². The SMILES string of the molecule is O=C(O)CCCOc1cccc(CCCCCCOc2cc(CO)cc(-c3ccc4c(c3)OCO4)c2)c1CCC(O)O. The zero-order valence-corrected chi connectivity index (χ0v) is 23.8. The Labute approximate surface area is 246 Å². The van der Waals surface area contributed by atoms with Gasteiger partial charge in [-0.2, -0.15) is 0 Å². The minimum atomic E-state index is -1.40. The molecule has 226 valence electrons. The third-order valence-electron chi connectivity index (χ3n) is 7.14. The minimum Gasteiger partial charge on any atom is -0.494 e. The van der Waals surface area contributed by atoms with Gasteiger partial charge in [0, 0.05) is 12.8 Å². The summed E-state index contributed by atoms with van der Waals surface area (Å²) in [5, 5.41) is 37.4. The van der Waals surface area contributed by atoms with Crippen molar-refractivity contribution in [1.82, 2.24) is 0 Å². The number of carboxylic acid groups (broad SMARTS) is 1. The van der Waals surface area contributed by atoms with E-state index in [-0.39, 0.29) is 26.2 Å². The molecule has 0 spiro atoms. The van der Waals surface area contributed by atoms with Crippen molar-refractivity contribution >= 4 is 5.97 Å². The van der Waals surface area contributed by atoms with Crippen molar-refractivity contribution in [3.8, 4) is 34.1 Å². The maximum atomic E-state index is 10.8. The van der Waals surface area contributed by atoms with Gasteiger partial charge in [-0.3, -0.25) is 4.79 Å². The number of hydrogen-bond donors (Lipinski definition) is 4. The standard InChI is InChI=1S/C33H40O9/c34-21-23-17-26(25-11-13-30-31(20-25)42-22-41-30)19-27(18-23)39-15-4-2-1-3-7-24-8-5-9-29(28(24)12-14-33(37)38)40-16-6-10-32(35)36/h5,8-9,11,13,17-20,33-34,37-38H,1-4,6-7,10,12,14-16,21-22H2,(H,35,36). The second kappa shape index (κ2) is 16.0. The normalized spacial score (nSPS) is 12.1. The van der Waals surface area contributed by atoms with Crippen LogP contribution in [-0.4, -0.2) is 52.7 Å². The van der Waals surface area contributed by atoms with Gasteiger partial charge in [-0.15, -0.1) is 0 Å². The van der Waals surface area contributed by atoms with Crippen LogP contribution in [0.1, 0.15) is 61.6 Å². The van der Waals surface area contributed by atoms with Crippen LogP contribution < -0.4 is 18.9 Å². The molecule has 0 radical (unpaired) electrons. The van der Waals surface area contributed by atoms with E-state index in [1.807, 2.05) is 54.6 Å². The molecule has 9 heteroatoms. The van der Waals surface area contributed by atoms with E-state index in [0.717, 1.165) is 65.7 Å². The number of benzene rings is 3. The fraction of sp³-hybridized carbons (Fsp3) is 0.424. The maximum Gasteiger partial charge on any atom is 0.303 e. The van der Waals surface area contributed by atoms with Gasteiger partial charge in [-0.05, 0) is 96.3 Å². The molecule has 9 nitrogen and oxygen atoms in total. The number of unbranched alkanes of at least 4 members (excludes halogenated alkanes) is 3. The molecule has 0 fully saturated rings. The van der Waals surface area contributed by atoms with Crippen molar-refractivity contribution in [2.45, 2.75) is 70.7 Å². The average molecular weight is 581 g/mol. The molecule has 0 saturated carbocycles. The quantitative estimate of drug-likeness (QED) is 0.118. The van der Waals surface area contributed by atoms with E-state index >= 15 is 0 Å². The Bertz CT molecular complexity index is 1300. The summed E-state index contributed by atoms with van der Waals surface area (Å²) < 4.78 is 22.8. The van der Waals surface area contributed by atoms with Crippen LogP contribution in [0.25, 0.3) is 11.1 Å². The molecule has 1 aliphatic heterocycles. The Kier molecular flexibility index (Phi) is 11.9. The Balaban J connectivity index is 1.25. The van der Waals surface area contributed by atoms with E-state index in [1.165, 1.54) is 0 Å². The van der Waals surface area contributed by atoms with Gasteiger partial charge in [0.1, 0.15) is 11.5 Å². The summed E-state index contributed by atoms with van der Waals surface area (Å²) >= 11 is 0. The Morgan fingerprint density at radius 2 is 1.64 bits per heavy atom. The van der Waals surface area contributed by atoms with E-state index in [0.29, 0.717) is 43.3 Å². The summed E-state index contributed by atoms with van der Waals surface area (Å²) in [6.45, 7) is 0.997. The number of carbonyl (C=O) groups is 1. The number of hydrogen-bond acceptors (Lipinski definition) is 8. The number of carboxylic acids is 1. The summed E-state index contributed by atoms with van der Waals surface area (Å²) in [4.78, 5) is 10.8. The van der Waals surface area contributed by atoms with E-state index in [1.54, 1.807) is 0 Å². The van der Waals surface area contributed by atoms with Gasteiger partial charge in [-0.1, -0.05) is 31.0 Å². The second-order valence-electron chi connectivity index (χ2n) is 10.4. The monoisotopic (exact) mass is 580 g/mol. The highest BCUT2D eigenvalue weighted by Crippen LogP contribution is 2.37. The number of aliphatic carboxylic acids is 1. The molecular weight excluding hydrogens is 540 g/mol. The molecule has 0 unspecified atom stereocenters. The Hall–Kier alpha value is -3.79. The summed E-state index contributed by atoms with van der Waals surface area (Å²) in [5.41, 5.74) is 4.73. The first-order valence-corrected chi connectivity index (χ1v) is 14.5. The lowest BCUT2D eigenvalue weighted by atomic mass is 9.96. The summed E-state index contributed by atoms with van der Waals surface area (Å²) in [6, 6.07) is 17.4. The van der Waals surface area contributed by atoms with Crippen LogP contribution in [-0.2, 0) is 24.2 Å². The third kappa shape index (κ3) is 9.37. The highest BCUT2D eigenvalue weighted by Gasteiger charge is 2.15. The fourth-order valence-electron chi connectivity index (χ4n) is 4.98. The molecule has 0 amide bonds. The average Bonchev–Trinajstić information content (AvgIpc) is 3.46. The largest absolute Gasteiger partial charge is 0.494 e. The predicted octanol–water partition coefficient (Wildman–Crippen LogP) is 5.24. The van der Waals surface area contributed by atoms with Gasteiger partial charge in [0.05, 0.1) is 19.8 Å². The molecule has 1 aliphatic rings. The van der Waals surface area contributed by atoms with Crippen LogP contribution in [0.2, 0.25) is 0 Å². The number of fused-ring (bicyclic) bond motifs is 1. The molecule has 0 saturated heterocycles. The zero-order chi connectivity index (χ0) is 29.7. The van der Waals surface area contributed by atoms with E-state index < -0.39 is 12.3 Å². The van der Waals surface area contributed by atoms with Crippen molar-refractivity contribution in [2.75, 3.05) is 20.0 Å². The number of ether oxygens (including phenoxy) is 4. The van der Waals surface area contributed by atoms with Gasteiger partial charge in [-0.25, -0.2) is 0 Å². The van der Waals surface area contributed by atoms with E-state index in [9.17, 15) is 20.1 Å².